The molecule has 0 saturated heterocycles. The summed E-state index contributed by atoms with van der Waals surface area (Å²) in [6.07, 6.45) is 4.97. The molecule has 126 valence electrons. The Hall–Kier alpha value is -2.37. The van der Waals surface area contributed by atoms with Gasteiger partial charge in [-0.3, -0.25) is 4.79 Å². The smallest absolute Gasteiger partial charge is 0.225 e. The van der Waals surface area contributed by atoms with E-state index in [1.54, 1.807) is 12.1 Å². The van der Waals surface area contributed by atoms with Gasteiger partial charge in [-0.2, -0.15) is 0 Å². The number of nitrogens with zero attached hydrogens (tertiary/aromatic N) is 2. The molecule has 0 atom stereocenters. The Bertz CT molecular complexity index is 752. The first kappa shape index (κ1) is 15.2. The summed E-state index contributed by atoms with van der Waals surface area (Å²) in [4.78, 5) is 14.6. The fourth-order valence-electron chi connectivity index (χ4n) is 3.63. The van der Waals surface area contributed by atoms with Gasteiger partial charge >= 0.3 is 0 Å². The third-order valence-corrected chi connectivity index (χ3v) is 4.93. The molecular formula is C18H20FN3O2. The second-order valence-corrected chi connectivity index (χ2v) is 6.56. The van der Waals surface area contributed by atoms with E-state index < -0.39 is 0 Å². The predicted molar refractivity (Wildman–Crippen MR) is 87.3 cm³/mol. The summed E-state index contributed by atoms with van der Waals surface area (Å²) in [5.41, 5.74) is 1.52. The normalized spacial score (nSPS) is 17.8. The second-order valence-electron chi connectivity index (χ2n) is 6.56. The first-order chi connectivity index (χ1) is 11.7. The number of aromatic nitrogens is 1. The van der Waals surface area contributed by atoms with Crippen molar-refractivity contribution in [1.82, 2.24) is 10.1 Å². The number of carbonyl (C=O) groups is 1. The van der Waals surface area contributed by atoms with E-state index in [4.69, 9.17) is 4.52 Å². The van der Waals surface area contributed by atoms with Gasteiger partial charge in [-0.25, -0.2) is 4.39 Å². The number of benzene rings is 1. The molecule has 1 aliphatic heterocycles. The van der Waals surface area contributed by atoms with Gasteiger partial charge in [-0.1, -0.05) is 24.1 Å². The minimum absolute atomic E-state index is 0.172. The van der Waals surface area contributed by atoms with E-state index >= 15 is 0 Å². The summed E-state index contributed by atoms with van der Waals surface area (Å²) in [6.45, 7) is 1.18. The van der Waals surface area contributed by atoms with Crippen LogP contribution in [0.25, 0.3) is 0 Å². The first-order valence-electron chi connectivity index (χ1n) is 8.49. The summed E-state index contributed by atoms with van der Waals surface area (Å²) >= 11 is 0. The van der Waals surface area contributed by atoms with Crippen LogP contribution in [0.2, 0.25) is 0 Å². The molecule has 1 saturated carbocycles. The van der Waals surface area contributed by atoms with Gasteiger partial charge in [0.1, 0.15) is 11.6 Å². The molecule has 2 aromatic rings. The Balaban J connectivity index is 1.52. The zero-order chi connectivity index (χ0) is 16.5. The Morgan fingerprint density at radius 1 is 1.33 bits per heavy atom. The lowest BCUT2D eigenvalue weighted by Crippen LogP contribution is -2.39. The van der Waals surface area contributed by atoms with Crippen LogP contribution in [0.5, 0.6) is 0 Å². The van der Waals surface area contributed by atoms with Crippen molar-refractivity contribution in [3.63, 3.8) is 0 Å². The third-order valence-electron chi connectivity index (χ3n) is 4.93. The molecule has 2 aliphatic rings. The van der Waals surface area contributed by atoms with Crippen LogP contribution in [-0.4, -0.2) is 22.5 Å². The van der Waals surface area contributed by atoms with Crippen molar-refractivity contribution in [2.75, 3.05) is 11.9 Å². The fraction of sp³-hybridized carbons (Fsp3) is 0.444. The number of halogens is 1. The molecule has 0 radical (unpaired) electrons. The molecule has 0 unspecified atom stereocenters. The van der Waals surface area contributed by atoms with Crippen LogP contribution in [0.15, 0.2) is 28.8 Å². The van der Waals surface area contributed by atoms with Gasteiger partial charge in [-0.05, 0) is 31.0 Å². The molecular weight excluding hydrogens is 309 g/mol. The molecule has 5 nitrogen and oxygen atoms in total. The van der Waals surface area contributed by atoms with Crippen molar-refractivity contribution in [2.45, 2.75) is 38.6 Å². The Morgan fingerprint density at radius 3 is 2.96 bits per heavy atom. The minimum Gasteiger partial charge on any atom is -0.359 e. The van der Waals surface area contributed by atoms with Crippen molar-refractivity contribution < 1.29 is 13.7 Å². The summed E-state index contributed by atoms with van der Waals surface area (Å²) in [5.74, 6) is 1.49. The first-order valence-corrected chi connectivity index (χ1v) is 8.49. The van der Waals surface area contributed by atoms with E-state index in [9.17, 15) is 9.18 Å². The van der Waals surface area contributed by atoms with E-state index in [-0.39, 0.29) is 17.6 Å². The lowest BCUT2D eigenvalue weighted by Gasteiger charge is -2.28. The van der Waals surface area contributed by atoms with Crippen LogP contribution in [0.4, 0.5) is 15.9 Å². The molecule has 1 aromatic heterocycles. The highest BCUT2D eigenvalue weighted by Crippen LogP contribution is 2.32. The number of amides is 1. The van der Waals surface area contributed by atoms with Crippen LogP contribution in [0.3, 0.4) is 0 Å². The van der Waals surface area contributed by atoms with Crippen LogP contribution in [0, 0.1) is 11.7 Å². The predicted octanol–water partition coefficient (Wildman–Crippen LogP) is 3.63. The van der Waals surface area contributed by atoms with Crippen LogP contribution < -0.4 is 5.32 Å². The Kier molecular flexibility index (Phi) is 3.96. The zero-order valence-electron chi connectivity index (χ0n) is 13.4. The van der Waals surface area contributed by atoms with Crippen LogP contribution in [-0.2, 0) is 17.8 Å². The summed E-state index contributed by atoms with van der Waals surface area (Å²) in [7, 11) is 0. The molecule has 1 amide bonds. The maximum Gasteiger partial charge on any atom is 0.225 e. The topological polar surface area (TPSA) is 58.4 Å². The quantitative estimate of drug-likeness (QED) is 0.934. The second kappa shape index (κ2) is 6.26. The van der Waals surface area contributed by atoms with Gasteiger partial charge in [0.2, 0.25) is 5.91 Å². The van der Waals surface area contributed by atoms with Crippen molar-refractivity contribution in [3.8, 4) is 0 Å². The highest BCUT2D eigenvalue weighted by atomic mass is 19.1. The number of nitrogens with one attached hydrogen (secondary N) is 1. The van der Waals surface area contributed by atoms with Crippen LogP contribution >= 0.6 is 0 Å². The molecule has 2 heterocycles. The molecule has 0 bridgehead atoms. The highest BCUT2D eigenvalue weighted by molar-refractivity contribution is 5.79. The number of hydrogen-bond acceptors (Lipinski definition) is 4. The number of anilines is 2. The molecule has 4 rings (SSSR count). The lowest BCUT2D eigenvalue weighted by atomic mass is 10.0. The standard InChI is InChI=1S/C18H20FN3O2/c19-13-6-3-7-14(10-13)20-17-15-11-22(9-8-16(15)24-21-17)18(23)12-4-1-2-5-12/h3,6-7,10,12H,1-2,4-5,8-9,11H2,(H,20,21). The fourth-order valence-corrected chi connectivity index (χ4v) is 3.63. The molecule has 1 aromatic carbocycles. The lowest BCUT2D eigenvalue weighted by molar-refractivity contribution is -0.136. The Morgan fingerprint density at radius 2 is 2.17 bits per heavy atom. The van der Waals surface area contributed by atoms with Gasteiger partial charge in [0.25, 0.3) is 0 Å². The number of fused-ring (bicyclic) bond motifs is 1. The summed E-state index contributed by atoms with van der Waals surface area (Å²) in [5, 5.41) is 7.17. The van der Waals surface area contributed by atoms with Crippen LogP contribution in [0.1, 0.15) is 37.0 Å². The van der Waals surface area contributed by atoms with Crippen molar-refractivity contribution >= 4 is 17.4 Å². The zero-order valence-corrected chi connectivity index (χ0v) is 13.4. The maximum absolute atomic E-state index is 13.3. The van der Waals surface area contributed by atoms with Crippen molar-refractivity contribution in [1.29, 1.82) is 0 Å². The summed E-state index contributed by atoms with van der Waals surface area (Å²) < 4.78 is 18.7. The average molecular weight is 329 g/mol. The maximum atomic E-state index is 13.3. The largest absolute Gasteiger partial charge is 0.359 e. The minimum atomic E-state index is -0.310. The molecule has 24 heavy (non-hydrogen) atoms. The molecule has 1 aliphatic carbocycles. The highest BCUT2D eigenvalue weighted by Gasteiger charge is 2.32. The molecule has 1 N–H and O–H groups in total. The monoisotopic (exact) mass is 329 g/mol. The third kappa shape index (κ3) is 2.88. The van der Waals surface area contributed by atoms with E-state index in [0.717, 1.165) is 37.0 Å². The van der Waals surface area contributed by atoms with E-state index in [1.807, 2.05) is 4.90 Å². The molecule has 0 spiro atoms. The number of rotatable bonds is 3. The SMILES string of the molecule is O=C(C1CCCC1)N1CCc2onc(Nc3cccc(F)c3)c2C1. The van der Waals surface area contributed by atoms with E-state index in [1.165, 1.54) is 12.1 Å². The van der Waals surface area contributed by atoms with Gasteiger partial charge < -0.3 is 14.7 Å². The number of carbonyl (C=O) groups excluding carboxylic acids is 1. The number of hydrogen-bond donors (Lipinski definition) is 1. The van der Waals surface area contributed by atoms with E-state index in [0.29, 0.717) is 31.0 Å². The summed E-state index contributed by atoms with van der Waals surface area (Å²) in [6, 6.07) is 6.21. The van der Waals surface area contributed by atoms with Gasteiger partial charge in [0, 0.05) is 24.6 Å². The Labute approximate surface area is 139 Å². The van der Waals surface area contributed by atoms with Gasteiger partial charge in [0.05, 0.1) is 12.1 Å². The molecule has 6 heteroatoms. The molecule has 1 fully saturated rings. The van der Waals surface area contributed by atoms with Gasteiger partial charge in [-0.15, -0.1) is 0 Å². The van der Waals surface area contributed by atoms with E-state index in [2.05, 4.69) is 10.5 Å². The van der Waals surface area contributed by atoms with Crippen molar-refractivity contribution in [2.24, 2.45) is 5.92 Å². The van der Waals surface area contributed by atoms with Crippen molar-refractivity contribution in [3.05, 3.63) is 41.4 Å². The average Bonchev–Trinajstić information content (AvgIpc) is 3.24. The van der Waals surface area contributed by atoms with Gasteiger partial charge in [0.15, 0.2) is 5.82 Å².